The highest BCUT2D eigenvalue weighted by molar-refractivity contribution is 6.05. The zero-order chi connectivity index (χ0) is 23.2. The molecule has 1 unspecified atom stereocenters. The van der Waals surface area contributed by atoms with Crippen LogP contribution in [0.2, 0.25) is 0 Å². The highest BCUT2D eigenvalue weighted by atomic mass is 16.5. The van der Waals surface area contributed by atoms with Crippen molar-refractivity contribution < 1.29 is 24.6 Å². The third-order valence-corrected chi connectivity index (χ3v) is 5.57. The average molecular weight is 453 g/mol. The Hall–Kier alpha value is -3.37. The van der Waals surface area contributed by atoms with Crippen molar-refractivity contribution in [2.45, 2.75) is 6.10 Å². The second-order valence-corrected chi connectivity index (χ2v) is 7.85. The summed E-state index contributed by atoms with van der Waals surface area (Å²) in [5.41, 5.74) is 9.99. The maximum absolute atomic E-state index is 12.2. The van der Waals surface area contributed by atoms with Gasteiger partial charge in [0.05, 0.1) is 18.8 Å². The van der Waals surface area contributed by atoms with E-state index in [1.165, 1.54) is 0 Å². The molecule has 0 spiro atoms. The molecule has 1 fully saturated rings. The first kappa shape index (κ1) is 22.8. The van der Waals surface area contributed by atoms with Crippen molar-refractivity contribution in [1.82, 2.24) is 9.47 Å². The van der Waals surface area contributed by atoms with E-state index in [1.54, 1.807) is 22.9 Å². The lowest BCUT2D eigenvalue weighted by atomic mass is 10.0. The van der Waals surface area contributed by atoms with Crippen molar-refractivity contribution in [2.24, 2.45) is 5.73 Å². The van der Waals surface area contributed by atoms with Gasteiger partial charge in [0.15, 0.2) is 0 Å². The van der Waals surface area contributed by atoms with Gasteiger partial charge in [0.2, 0.25) is 0 Å². The summed E-state index contributed by atoms with van der Waals surface area (Å²) in [4.78, 5) is 14.4. The highest BCUT2D eigenvalue weighted by Gasteiger charge is 2.22. The number of aliphatic hydroxyl groups is 1. The molecule has 0 saturated carbocycles. The quantitative estimate of drug-likeness (QED) is 0.367. The molecule has 1 aromatic heterocycles. The molecular formula is C24H28N4O5. The number of β-amino-alcohol motifs (C(OH)–C–C–N with tert-alkyl or cyclic N) is 1. The molecule has 1 amide bonds. The summed E-state index contributed by atoms with van der Waals surface area (Å²) >= 11 is 0. The van der Waals surface area contributed by atoms with Gasteiger partial charge in [-0.05, 0) is 29.8 Å². The number of amides is 1. The maximum Gasteiger partial charge on any atom is 0.253 e. The van der Waals surface area contributed by atoms with Crippen LogP contribution in [0, 0.1) is 0 Å². The number of nitrogens with zero attached hydrogens (tertiary/aromatic N) is 2. The number of nitrogens with one attached hydrogen (secondary N) is 1. The van der Waals surface area contributed by atoms with E-state index in [2.05, 4.69) is 10.4 Å². The first-order chi connectivity index (χ1) is 16.1. The van der Waals surface area contributed by atoms with E-state index >= 15 is 0 Å². The summed E-state index contributed by atoms with van der Waals surface area (Å²) < 4.78 is 12.7. The fourth-order valence-electron chi connectivity index (χ4n) is 3.93. The fourth-order valence-corrected chi connectivity index (χ4v) is 3.93. The molecule has 174 valence electrons. The molecule has 4 rings (SSSR count). The summed E-state index contributed by atoms with van der Waals surface area (Å²) in [6.07, 6.45) is 1.14. The molecular weight excluding hydrogens is 424 g/mol. The normalized spacial score (nSPS) is 15.2. The van der Waals surface area contributed by atoms with Crippen molar-refractivity contribution >= 4 is 11.7 Å². The minimum absolute atomic E-state index is 0.173. The Morgan fingerprint density at radius 1 is 1.12 bits per heavy atom. The van der Waals surface area contributed by atoms with Gasteiger partial charge >= 0.3 is 0 Å². The van der Waals surface area contributed by atoms with Crippen LogP contribution in [0.5, 0.6) is 5.75 Å². The predicted octanol–water partition coefficient (Wildman–Crippen LogP) is 2.12. The third-order valence-electron chi connectivity index (χ3n) is 5.57. The van der Waals surface area contributed by atoms with Gasteiger partial charge < -0.3 is 24.9 Å². The lowest BCUT2D eigenvalue weighted by molar-refractivity contribution is 0.00465. The van der Waals surface area contributed by atoms with Crippen LogP contribution in [0.25, 0.3) is 16.8 Å². The van der Waals surface area contributed by atoms with Gasteiger partial charge in [-0.1, -0.05) is 30.3 Å². The maximum atomic E-state index is 12.2. The number of hydrogen-bond acceptors (Lipinski definition) is 7. The molecule has 5 N–H and O–H groups in total. The van der Waals surface area contributed by atoms with Crippen molar-refractivity contribution in [1.29, 1.82) is 0 Å². The van der Waals surface area contributed by atoms with Gasteiger partial charge in [-0.15, -0.1) is 0 Å². The average Bonchev–Trinajstić information content (AvgIpc) is 3.24. The lowest BCUT2D eigenvalue weighted by Gasteiger charge is -2.28. The summed E-state index contributed by atoms with van der Waals surface area (Å²) in [5, 5.41) is 20.0. The van der Waals surface area contributed by atoms with Crippen LogP contribution >= 0.6 is 0 Å². The van der Waals surface area contributed by atoms with Crippen LogP contribution in [-0.2, 0) is 4.74 Å². The number of hydrogen-bond donors (Lipinski definition) is 4. The Bertz CT molecular complexity index is 1060. The van der Waals surface area contributed by atoms with Crippen molar-refractivity contribution in [3.8, 4) is 22.6 Å². The van der Waals surface area contributed by atoms with Crippen molar-refractivity contribution in [3.05, 3.63) is 66.4 Å². The molecule has 1 aliphatic rings. The van der Waals surface area contributed by atoms with E-state index in [9.17, 15) is 15.1 Å². The molecule has 9 nitrogen and oxygen atoms in total. The summed E-state index contributed by atoms with van der Waals surface area (Å²) in [7, 11) is 0. The smallest absolute Gasteiger partial charge is 0.253 e. The minimum Gasteiger partial charge on any atom is -0.491 e. The zero-order valence-corrected chi connectivity index (χ0v) is 18.2. The minimum atomic E-state index is -0.664. The van der Waals surface area contributed by atoms with Gasteiger partial charge in [0.25, 0.3) is 5.91 Å². The monoisotopic (exact) mass is 452 g/mol. The number of nitrogens with two attached hydrogens (primary N) is 1. The number of carbonyl (C=O) groups excluding carboxylic acids is 1. The molecule has 2 aromatic carbocycles. The number of aliphatic hydroxyl groups excluding tert-OH is 1. The molecule has 1 aliphatic heterocycles. The van der Waals surface area contributed by atoms with Crippen LogP contribution in [0.3, 0.4) is 0 Å². The molecule has 3 aromatic rings. The second-order valence-electron chi connectivity index (χ2n) is 7.85. The van der Waals surface area contributed by atoms with Gasteiger partial charge in [-0.3, -0.25) is 20.4 Å². The molecule has 33 heavy (non-hydrogen) atoms. The second kappa shape index (κ2) is 10.5. The van der Waals surface area contributed by atoms with Crippen LogP contribution in [0.4, 0.5) is 5.82 Å². The molecule has 0 bridgehead atoms. The molecule has 1 atom stereocenters. The van der Waals surface area contributed by atoms with Gasteiger partial charge in [0, 0.05) is 37.1 Å². The SMILES string of the molecule is NC(=O)c1c(-c2ccc(OCC(O)CN3CCOCC3)cc2)cn(-c2ccccc2)c1NO. The fraction of sp³-hybridized carbons (Fsp3) is 0.292. The van der Waals surface area contributed by atoms with Crippen LogP contribution in [0.15, 0.2) is 60.8 Å². The van der Waals surface area contributed by atoms with E-state index in [0.29, 0.717) is 31.1 Å². The number of carbonyl (C=O) groups is 1. The molecule has 2 heterocycles. The van der Waals surface area contributed by atoms with E-state index in [-0.39, 0.29) is 18.0 Å². The van der Waals surface area contributed by atoms with Crippen molar-refractivity contribution in [2.75, 3.05) is 44.9 Å². The highest BCUT2D eigenvalue weighted by Crippen LogP contribution is 2.34. The molecule has 1 saturated heterocycles. The molecule has 0 radical (unpaired) electrons. The number of rotatable bonds is 9. The van der Waals surface area contributed by atoms with E-state index in [0.717, 1.165) is 24.3 Å². The number of benzene rings is 2. The lowest BCUT2D eigenvalue weighted by Crippen LogP contribution is -2.42. The number of para-hydroxylation sites is 1. The van der Waals surface area contributed by atoms with Crippen LogP contribution < -0.4 is 16.0 Å². The van der Waals surface area contributed by atoms with Gasteiger partial charge in [0.1, 0.15) is 24.3 Å². The standard InChI is InChI=1S/C24H28N4O5/c25-23(30)22-21(15-28(24(22)26-31)18-4-2-1-3-5-18)17-6-8-20(9-7-17)33-16-19(29)14-27-10-12-32-13-11-27/h1-9,15,19,26,29,31H,10-14,16H2,(H2,25,30). The first-order valence-electron chi connectivity index (χ1n) is 10.8. The van der Waals surface area contributed by atoms with Gasteiger partial charge in [-0.2, -0.15) is 0 Å². The van der Waals surface area contributed by atoms with E-state index in [1.807, 2.05) is 42.5 Å². The number of morpholine rings is 1. The predicted molar refractivity (Wildman–Crippen MR) is 124 cm³/mol. The third kappa shape index (κ3) is 5.35. The molecule has 9 heteroatoms. The van der Waals surface area contributed by atoms with E-state index in [4.69, 9.17) is 15.2 Å². The number of aromatic nitrogens is 1. The Morgan fingerprint density at radius 3 is 2.45 bits per heavy atom. The van der Waals surface area contributed by atoms with E-state index < -0.39 is 12.0 Å². The first-order valence-corrected chi connectivity index (χ1v) is 10.8. The summed E-state index contributed by atoms with van der Waals surface area (Å²) in [5.74, 6) is 0.126. The number of primary amides is 1. The Kier molecular flexibility index (Phi) is 7.26. The van der Waals surface area contributed by atoms with Crippen molar-refractivity contribution in [3.63, 3.8) is 0 Å². The number of anilines is 1. The van der Waals surface area contributed by atoms with Gasteiger partial charge in [-0.25, -0.2) is 0 Å². The largest absolute Gasteiger partial charge is 0.491 e. The molecule has 0 aliphatic carbocycles. The Balaban J connectivity index is 1.50. The topological polar surface area (TPSA) is 122 Å². The number of ether oxygens (including phenoxy) is 2. The van der Waals surface area contributed by atoms with Crippen LogP contribution in [-0.4, -0.2) is 71.2 Å². The Labute approximate surface area is 191 Å². The summed E-state index contributed by atoms with van der Waals surface area (Å²) in [6, 6.07) is 16.5. The summed E-state index contributed by atoms with van der Waals surface area (Å²) in [6.45, 7) is 3.69. The zero-order valence-electron chi connectivity index (χ0n) is 18.2. The van der Waals surface area contributed by atoms with Crippen LogP contribution in [0.1, 0.15) is 10.4 Å². The Morgan fingerprint density at radius 2 is 1.82 bits per heavy atom.